The van der Waals surface area contributed by atoms with Crippen molar-refractivity contribution in [1.82, 2.24) is 9.38 Å². The van der Waals surface area contributed by atoms with Crippen LogP contribution in [0.5, 0.6) is 5.75 Å². The highest BCUT2D eigenvalue weighted by atomic mass is 79.9. The van der Waals surface area contributed by atoms with Crippen LogP contribution in [-0.4, -0.2) is 22.0 Å². The van der Waals surface area contributed by atoms with Crippen molar-refractivity contribution in [1.29, 1.82) is 0 Å². The van der Waals surface area contributed by atoms with Crippen LogP contribution in [0.4, 0.5) is 8.78 Å². The van der Waals surface area contributed by atoms with Crippen LogP contribution < -0.4 is 10.3 Å². The van der Waals surface area contributed by atoms with E-state index in [1.165, 1.54) is 28.7 Å². The van der Waals surface area contributed by atoms with Gasteiger partial charge in [-0.25, -0.2) is 9.78 Å². The molecule has 2 aromatic heterocycles. The zero-order chi connectivity index (χ0) is 18.7. The standard InChI is InChI=1S/C17H11BrF2N2O4/c18-11-4-5-14-21-12(7-15(23)22(14)8-11)9-25-16(24)10-2-1-3-13(6-10)26-17(19)20/h1-8,17H,9H2. The van der Waals surface area contributed by atoms with E-state index in [0.29, 0.717) is 5.65 Å². The van der Waals surface area contributed by atoms with Crippen LogP contribution in [-0.2, 0) is 11.3 Å². The number of carbonyl (C=O) groups excluding carboxylic acids is 1. The molecular formula is C17H11BrF2N2O4. The minimum Gasteiger partial charge on any atom is -0.456 e. The molecule has 6 nitrogen and oxygen atoms in total. The number of carbonyl (C=O) groups is 1. The molecule has 1 aromatic carbocycles. The molecule has 0 saturated carbocycles. The summed E-state index contributed by atoms with van der Waals surface area (Å²) in [5, 5.41) is 0. The molecule has 134 valence electrons. The van der Waals surface area contributed by atoms with Crippen molar-refractivity contribution in [2.75, 3.05) is 0 Å². The van der Waals surface area contributed by atoms with Gasteiger partial charge in [0.2, 0.25) is 0 Å². The Morgan fingerprint density at radius 2 is 2.04 bits per heavy atom. The molecule has 3 aromatic rings. The third-order valence-electron chi connectivity index (χ3n) is 3.32. The molecule has 0 N–H and O–H groups in total. The Bertz CT molecular complexity index is 1020. The van der Waals surface area contributed by atoms with E-state index >= 15 is 0 Å². The molecular weight excluding hydrogens is 414 g/mol. The number of ether oxygens (including phenoxy) is 2. The lowest BCUT2D eigenvalue weighted by Gasteiger charge is -2.08. The normalized spacial score (nSPS) is 10.9. The van der Waals surface area contributed by atoms with Crippen molar-refractivity contribution < 1.29 is 23.0 Å². The number of esters is 1. The van der Waals surface area contributed by atoms with Gasteiger partial charge in [-0.15, -0.1) is 0 Å². The summed E-state index contributed by atoms with van der Waals surface area (Å²) in [6, 6.07) is 9.87. The van der Waals surface area contributed by atoms with Crippen LogP contribution >= 0.6 is 15.9 Å². The first-order valence-corrected chi connectivity index (χ1v) is 8.11. The van der Waals surface area contributed by atoms with Crippen molar-refractivity contribution in [3.63, 3.8) is 0 Å². The van der Waals surface area contributed by atoms with Gasteiger partial charge in [0.15, 0.2) is 0 Å². The van der Waals surface area contributed by atoms with E-state index in [9.17, 15) is 18.4 Å². The third kappa shape index (κ3) is 4.23. The van der Waals surface area contributed by atoms with Crippen LogP contribution in [0.1, 0.15) is 16.1 Å². The first-order chi connectivity index (χ1) is 12.4. The number of pyridine rings is 1. The fourth-order valence-electron chi connectivity index (χ4n) is 2.22. The average Bonchev–Trinajstić information content (AvgIpc) is 2.60. The predicted octanol–water partition coefficient (Wildman–Crippen LogP) is 3.42. The van der Waals surface area contributed by atoms with Crippen molar-refractivity contribution in [3.8, 4) is 5.75 Å². The molecule has 0 radical (unpaired) electrons. The molecule has 0 aliphatic carbocycles. The van der Waals surface area contributed by atoms with E-state index in [2.05, 4.69) is 25.7 Å². The van der Waals surface area contributed by atoms with E-state index in [4.69, 9.17) is 4.74 Å². The van der Waals surface area contributed by atoms with Gasteiger partial charge in [-0.3, -0.25) is 9.20 Å². The Kier molecular flexibility index (Phi) is 5.27. The smallest absolute Gasteiger partial charge is 0.387 e. The van der Waals surface area contributed by atoms with Gasteiger partial charge in [-0.05, 0) is 46.3 Å². The molecule has 0 fully saturated rings. The molecule has 0 aliphatic rings. The topological polar surface area (TPSA) is 69.9 Å². The second-order valence-corrected chi connectivity index (χ2v) is 6.06. The Morgan fingerprint density at radius 3 is 2.81 bits per heavy atom. The summed E-state index contributed by atoms with van der Waals surface area (Å²) in [7, 11) is 0. The van der Waals surface area contributed by atoms with Crippen LogP contribution in [0.15, 0.2) is 57.9 Å². The fourth-order valence-corrected chi connectivity index (χ4v) is 2.56. The number of hydrogen-bond donors (Lipinski definition) is 0. The average molecular weight is 425 g/mol. The van der Waals surface area contributed by atoms with Crippen LogP contribution in [0, 0.1) is 0 Å². The van der Waals surface area contributed by atoms with Gasteiger partial charge in [0.05, 0.1) is 11.3 Å². The summed E-state index contributed by atoms with van der Waals surface area (Å²) in [5.41, 5.74) is 0.393. The van der Waals surface area contributed by atoms with Crippen molar-refractivity contribution in [3.05, 3.63) is 74.7 Å². The Hall–Kier alpha value is -2.81. The third-order valence-corrected chi connectivity index (χ3v) is 3.79. The van der Waals surface area contributed by atoms with E-state index in [1.807, 2.05) is 0 Å². The quantitative estimate of drug-likeness (QED) is 0.587. The van der Waals surface area contributed by atoms with Crippen LogP contribution in [0.2, 0.25) is 0 Å². The first kappa shape index (κ1) is 18.0. The van der Waals surface area contributed by atoms with Gasteiger partial charge in [0.1, 0.15) is 18.0 Å². The van der Waals surface area contributed by atoms with E-state index in [1.54, 1.807) is 18.3 Å². The van der Waals surface area contributed by atoms with Gasteiger partial charge in [0.25, 0.3) is 5.56 Å². The molecule has 0 spiro atoms. The second kappa shape index (κ2) is 7.61. The number of fused-ring (bicyclic) bond motifs is 1. The second-order valence-electron chi connectivity index (χ2n) is 5.14. The zero-order valence-electron chi connectivity index (χ0n) is 13.1. The highest BCUT2D eigenvalue weighted by molar-refractivity contribution is 9.10. The van der Waals surface area contributed by atoms with Gasteiger partial charge < -0.3 is 9.47 Å². The maximum atomic E-state index is 12.2. The first-order valence-electron chi connectivity index (χ1n) is 7.32. The van der Waals surface area contributed by atoms with E-state index < -0.39 is 12.6 Å². The van der Waals surface area contributed by atoms with E-state index in [0.717, 1.165) is 10.5 Å². The monoisotopic (exact) mass is 424 g/mol. The molecule has 2 heterocycles. The number of rotatable bonds is 5. The van der Waals surface area contributed by atoms with Gasteiger partial charge in [0, 0.05) is 16.7 Å². The number of halogens is 3. The largest absolute Gasteiger partial charge is 0.456 e. The minimum atomic E-state index is -2.99. The highest BCUT2D eigenvalue weighted by Crippen LogP contribution is 2.17. The molecule has 26 heavy (non-hydrogen) atoms. The maximum absolute atomic E-state index is 12.2. The molecule has 0 saturated heterocycles. The number of benzene rings is 1. The summed E-state index contributed by atoms with van der Waals surface area (Å²) in [5.74, 6) is -0.898. The highest BCUT2D eigenvalue weighted by Gasteiger charge is 2.12. The van der Waals surface area contributed by atoms with Gasteiger partial charge in [-0.1, -0.05) is 6.07 Å². The zero-order valence-corrected chi connectivity index (χ0v) is 14.7. The van der Waals surface area contributed by atoms with Crippen molar-refractivity contribution in [2.45, 2.75) is 13.2 Å². The van der Waals surface area contributed by atoms with Gasteiger partial charge in [-0.2, -0.15) is 8.78 Å². The van der Waals surface area contributed by atoms with Crippen molar-refractivity contribution >= 4 is 27.5 Å². The summed E-state index contributed by atoms with van der Waals surface area (Å²) in [6.45, 7) is -3.23. The lowest BCUT2D eigenvalue weighted by molar-refractivity contribution is -0.0499. The Balaban J connectivity index is 1.74. The summed E-state index contributed by atoms with van der Waals surface area (Å²) in [6.07, 6.45) is 1.58. The lowest BCUT2D eigenvalue weighted by Crippen LogP contribution is -2.16. The minimum absolute atomic E-state index is 0.0459. The maximum Gasteiger partial charge on any atom is 0.387 e. The molecule has 3 rings (SSSR count). The summed E-state index contributed by atoms with van der Waals surface area (Å²) < 4.78 is 35.9. The fraction of sp³-hybridized carbons (Fsp3) is 0.118. The Labute approximate surface area is 154 Å². The van der Waals surface area contributed by atoms with Crippen LogP contribution in [0.25, 0.3) is 5.65 Å². The molecule has 0 aliphatic heterocycles. The van der Waals surface area contributed by atoms with Crippen LogP contribution in [0.3, 0.4) is 0 Å². The van der Waals surface area contributed by atoms with Gasteiger partial charge >= 0.3 is 12.6 Å². The number of hydrogen-bond acceptors (Lipinski definition) is 5. The SMILES string of the molecule is O=C(OCc1cc(=O)n2cc(Br)ccc2n1)c1cccc(OC(F)F)c1. The number of nitrogens with zero attached hydrogens (tertiary/aromatic N) is 2. The van der Waals surface area contributed by atoms with E-state index in [-0.39, 0.29) is 29.2 Å². The molecule has 0 unspecified atom stereocenters. The van der Waals surface area contributed by atoms with Crippen molar-refractivity contribution in [2.24, 2.45) is 0 Å². The molecule has 0 atom stereocenters. The Morgan fingerprint density at radius 1 is 1.23 bits per heavy atom. The number of alkyl halides is 2. The predicted molar refractivity (Wildman–Crippen MR) is 91.4 cm³/mol. The number of aromatic nitrogens is 2. The molecule has 0 amide bonds. The lowest BCUT2D eigenvalue weighted by atomic mass is 10.2. The molecule has 9 heteroatoms. The summed E-state index contributed by atoms with van der Waals surface area (Å²) in [4.78, 5) is 28.4. The summed E-state index contributed by atoms with van der Waals surface area (Å²) >= 11 is 3.27. The molecule has 0 bridgehead atoms.